The third kappa shape index (κ3) is 4.71. The molecular weight excluding hydrogens is 434 g/mol. The van der Waals surface area contributed by atoms with E-state index in [0.717, 1.165) is 37.6 Å². The predicted molar refractivity (Wildman–Crippen MR) is 137 cm³/mol. The monoisotopic (exact) mass is 461 g/mol. The van der Waals surface area contributed by atoms with Crippen molar-refractivity contribution in [1.82, 2.24) is 9.97 Å². The number of amides is 1. The maximum absolute atomic E-state index is 13.2. The van der Waals surface area contributed by atoms with Gasteiger partial charge in [-0.2, -0.15) is 0 Å². The zero-order valence-corrected chi connectivity index (χ0v) is 20.4. The smallest absolute Gasteiger partial charge is 0.237 e. The maximum atomic E-state index is 13.2. The molecular formula is C26H27N3OS2. The molecule has 1 unspecified atom stereocenters. The molecule has 1 atom stereocenters. The summed E-state index contributed by atoms with van der Waals surface area (Å²) in [6.07, 6.45) is 2.30. The van der Waals surface area contributed by atoms with Gasteiger partial charge in [-0.05, 0) is 36.5 Å². The third-order valence-corrected chi connectivity index (χ3v) is 7.71. The Kier molecular flexibility index (Phi) is 6.92. The van der Waals surface area contributed by atoms with Crippen molar-refractivity contribution >= 4 is 44.9 Å². The number of benzene rings is 2. The van der Waals surface area contributed by atoms with Gasteiger partial charge in [0.05, 0.1) is 10.6 Å². The molecule has 4 rings (SSSR count). The molecule has 0 spiro atoms. The number of carbonyl (C=O) groups is 1. The molecule has 0 aliphatic heterocycles. The summed E-state index contributed by atoms with van der Waals surface area (Å²) in [7, 11) is 0. The van der Waals surface area contributed by atoms with Crippen molar-refractivity contribution in [1.29, 1.82) is 0 Å². The number of anilines is 1. The van der Waals surface area contributed by atoms with Crippen LogP contribution in [0.3, 0.4) is 0 Å². The van der Waals surface area contributed by atoms with Crippen LogP contribution in [-0.2, 0) is 4.79 Å². The quantitative estimate of drug-likeness (QED) is 0.232. The molecule has 0 saturated carbocycles. The Hall–Kier alpha value is -2.70. The number of hydrogen-bond acceptors (Lipinski definition) is 5. The van der Waals surface area contributed by atoms with Gasteiger partial charge in [0.1, 0.15) is 16.2 Å². The summed E-state index contributed by atoms with van der Waals surface area (Å²) in [5.41, 5.74) is 5.51. The van der Waals surface area contributed by atoms with Crippen molar-refractivity contribution in [2.24, 2.45) is 0 Å². The first-order chi connectivity index (χ1) is 15.5. The Morgan fingerprint density at radius 1 is 1.09 bits per heavy atom. The van der Waals surface area contributed by atoms with E-state index in [-0.39, 0.29) is 11.2 Å². The fourth-order valence-electron chi connectivity index (χ4n) is 3.67. The van der Waals surface area contributed by atoms with Crippen LogP contribution in [0, 0.1) is 6.92 Å². The fourth-order valence-corrected chi connectivity index (χ4v) is 5.68. The Morgan fingerprint density at radius 2 is 1.84 bits per heavy atom. The Labute approximate surface area is 197 Å². The van der Waals surface area contributed by atoms with Crippen LogP contribution in [0.2, 0.25) is 0 Å². The molecule has 1 amide bonds. The lowest BCUT2D eigenvalue weighted by Gasteiger charge is -2.18. The van der Waals surface area contributed by atoms with Crippen LogP contribution in [0.25, 0.3) is 21.3 Å². The van der Waals surface area contributed by atoms with Gasteiger partial charge in [-0.15, -0.1) is 11.3 Å². The Bertz CT molecular complexity index is 1230. The van der Waals surface area contributed by atoms with Crippen molar-refractivity contribution in [3.63, 3.8) is 0 Å². The van der Waals surface area contributed by atoms with Gasteiger partial charge in [-0.3, -0.25) is 4.79 Å². The highest BCUT2D eigenvalue weighted by Crippen LogP contribution is 2.39. The van der Waals surface area contributed by atoms with Crippen LogP contribution < -0.4 is 5.32 Å². The summed E-state index contributed by atoms with van der Waals surface area (Å²) < 4.78 is 0. The molecule has 0 saturated heterocycles. The Morgan fingerprint density at radius 3 is 2.56 bits per heavy atom. The first-order valence-electron chi connectivity index (χ1n) is 10.8. The lowest BCUT2D eigenvalue weighted by molar-refractivity contribution is -0.115. The molecule has 0 bridgehead atoms. The van der Waals surface area contributed by atoms with Gasteiger partial charge in [0, 0.05) is 16.6 Å². The predicted octanol–water partition coefficient (Wildman–Crippen LogP) is 7.30. The topological polar surface area (TPSA) is 54.9 Å². The molecule has 6 heteroatoms. The van der Waals surface area contributed by atoms with Crippen LogP contribution in [-0.4, -0.2) is 21.1 Å². The number of aromatic nitrogens is 2. The number of carbonyl (C=O) groups excluding carboxylic acids is 1. The van der Waals surface area contributed by atoms with Gasteiger partial charge in [0.25, 0.3) is 0 Å². The molecule has 32 heavy (non-hydrogen) atoms. The standard InChI is InChI=1S/C26H27N3OS2/c1-5-22(24(30)29-21-9-7-6-8-19(21)16(2)3)32-26-23-20(14-31-25(23)27-15-28-26)18-12-10-17(4)11-13-18/h6-16,22H,5H2,1-4H3,(H,29,30). The van der Waals surface area contributed by atoms with Crippen molar-refractivity contribution in [3.05, 3.63) is 71.4 Å². The summed E-state index contributed by atoms with van der Waals surface area (Å²) in [6, 6.07) is 16.5. The van der Waals surface area contributed by atoms with E-state index >= 15 is 0 Å². The van der Waals surface area contributed by atoms with E-state index in [1.165, 1.54) is 17.3 Å². The second kappa shape index (κ2) is 9.84. The molecule has 0 aliphatic carbocycles. The number of hydrogen-bond donors (Lipinski definition) is 1. The van der Waals surface area contributed by atoms with Gasteiger partial charge < -0.3 is 5.32 Å². The van der Waals surface area contributed by atoms with E-state index < -0.39 is 0 Å². The first kappa shape index (κ1) is 22.5. The van der Waals surface area contributed by atoms with Crippen LogP contribution in [0.1, 0.15) is 44.2 Å². The summed E-state index contributed by atoms with van der Waals surface area (Å²) in [5.74, 6) is 0.341. The minimum Gasteiger partial charge on any atom is -0.325 e. The summed E-state index contributed by atoms with van der Waals surface area (Å²) in [5, 5.41) is 6.92. The summed E-state index contributed by atoms with van der Waals surface area (Å²) >= 11 is 3.13. The molecule has 0 radical (unpaired) electrons. The molecule has 1 N–H and O–H groups in total. The van der Waals surface area contributed by atoms with Gasteiger partial charge in [0.15, 0.2) is 0 Å². The SMILES string of the molecule is CCC(Sc1ncnc2scc(-c3ccc(C)cc3)c12)C(=O)Nc1ccccc1C(C)C. The molecule has 0 fully saturated rings. The molecule has 4 aromatic rings. The summed E-state index contributed by atoms with van der Waals surface area (Å²) in [6.45, 7) is 8.40. The highest BCUT2D eigenvalue weighted by atomic mass is 32.2. The number of thiophene rings is 1. The zero-order valence-electron chi connectivity index (χ0n) is 18.8. The van der Waals surface area contributed by atoms with Crippen LogP contribution in [0.5, 0.6) is 0 Å². The van der Waals surface area contributed by atoms with Crippen molar-refractivity contribution in [2.45, 2.75) is 50.3 Å². The van der Waals surface area contributed by atoms with E-state index in [2.05, 4.69) is 71.8 Å². The average molecular weight is 462 g/mol. The molecule has 2 aromatic carbocycles. The number of fused-ring (bicyclic) bond motifs is 1. The number of para-hydroxylation sites is 1. The van der Waals surface area contributed by atoms with Crippen LogP contribution >= 0.6 is 23.1 Å². The van der Waals surface area contributed by atoms with Gasteiger partial charge in [-0.1, -0.05) is 80.6 Å². The lowest BCUT2D eigenvalue weighted by atomic mass is 10.0. The van der Waals surface area contributed by atoms with E-state index in [1.54, 1.807) is 17.7 Å². The normalized spacial score (nSPS) is 12.3. The van der Waals surface area contributed by atoms with Crippen molar-refractivity contribution in [3.8, 4) is 11.1 Å². The van der Waals surface area contributed by atoms with E-state index in [1.807, 2.05) is 25.1 Å². The highest BCUT2D eigenvalue weighted by molar-refractivity contribution is 8.00. The molecule has 2 aromatic heterocycles. The summed E-state index contributed by atoms with van der Waals surface area (Å²) in [4.78, 5) is 23.2. The molecule has 0 aliphatic rings. The third-order valence-electron chi connectivity index (χ3n) is 5.46. The average Bonchev–Trinajstić information content (AvgIpc) is 3.23. The van der Waals surface area contributed by atoms with Gasteiger partial charge in [-0.25, -0.2) is 9.97 Å². The number of aryl methyl sites for hydroxylation is 1. The van der Waals surface area contributed by atoms with Crippen molar-refractivity contribution < 1.29 is 4.79 Å². The first-order valence-corrected chi connectivity index (χ1v) is 12.6. The largest absolute Gasteiger partial charge is 0.325 e. The highest BCUT2D eigenvalue weighted by Gasteiger charge is 2.23. The van der Waals surface area contributed by atoms with Crippen LogP contribution in [0.15, 0.2) is 65.3 Å². The van der Waals surface area contributed by atoms with E-state index in [4.69, 9.17) is 0 Å². The maximum Gasteiger partial charge on any atom is 0.237 e. The molecule has 2 heterocycles. The van der Waals surface area contributed by atoms with Gasteiger partial charge >= 0.3 is 0 Å². The van der Waals surface area contributed by atoms with E-state index in [9.17, 15) is 4.79 Å². The zero-order chi connectivity index (χ0) is 22.7. The second-order valence-corrected chi connectivity index (χ2v) is 10.2. The van der Waals surface area contributed by atoms with E-state index in [0.29, 0.717) is 12.3 Å². The molecule has 164 valence electrons. The number of thioether (sulfide) groups is 1. The Balaban J connectivity index is 1.64. The van der Waals surface area contributed by atoms with Crippen molar-refractivity contribution in [2.75, 3.05) is 5.32 Å². The number of nitrogens with zero attached hydrogens (tertiary/aromatic N) is 2. The van der Waals surface area contributed by atoms with Crippen LogP contribution in [0.4, 0.5) is 5.69 Å². The minimum atomic E-state index is -0.251. The molecule has 4 nitrogen and oxygen atoms in total. The minimum absolute atomic E-state index is 0.00415. The number of nitrogens with one attached hydrogen (secondary N) is 1. The second-order valence-electron chi connectivity index (χ2n) is 8.12. The van der Waals surface area contributed by atoms with Gasteiger partial charge in [0.2, 0.25) is 5.91 Å². The lowest BCUT2D eigenvalue weighted by Crippen LogP contribution is -2.25. The number of rotatable bonds is 7. The fraction of sp³-hybridized carbons (Fsp3) is 0.269.